The Balaban J connectivity index is 1.81. The van der Waals surface area contributed by atoms with Gasteiger partial charge in [-0.25, -0.2) is 0 Å². The molecule has 2 N–H and O–H groups in total. The molecule has 1 aromatic heterocycles. The van der Waals surface area contributed by atoms with Crippen molar-refractivity contribution in [1.82, 2.24) is 15.2 Å². The number of guanidine groups is 1. The molecule has 0 saturated carbocycles. The number of hydrogen-bond donors (Lipinski definition) is 2. The molecule has 0 atom stereocenters. The highest BCUT2D eigenvalue weighted by Crippen LogP contribution is 2.09. The smallest absolute Gasteiger partial charge is 0.191 e. The standard InChI is InChI=1S/C17H24N4O/c1-18-17(19-9-12-21-10-5-6-11-21)20-13-15-7-3-4-8-16(15)14-22-2/h3-8,10-11H,9,12-14H2,1-2H3,(H2,18,19,20). The first kappa shape index (κ1) is 16.1. The first-order valence-corrected chi connectivity index (χ1v) is 7.44. The topological polar surface area (TPSA) is 50.6 Å². The number of hydrogen-bond acceptors (Lipinski definition) is 2. The van der Waals surface area contributed by atoms with Crippen molar-refractivity contribution in [2.75, 3.05) is 20.7 Å². The SMILES string of the molecule is CN=C(NCCn1cccc1)NCc1ccccc1COC. The fourth-order valence-electron chi connectivity index (χ4n) is 2.25. The van der Waals surface area contributed by atoms with Crippen molar-refractivity contribution < 1.29 is 4.74 Å². The fourth-order valence-corrected chi connectivity index (χ4v) is 2.25. The average Bonchev–Trinajstić information content (AvgIpc) is 3.05. The number of nitrogens with zero attached hydrogens (tertiary/aromatic N) is 2. The van der Waals surface area contributed by atoms with Crippen LogP contribution >= 0.6 is 0 Å². The van der Waals surface area contributed by atoms with Crippen molar-refractivity contribution in [3.8, 4) is 0 Å². The average molecular weight is 300 g/mol. The third kappa shape index (κ3) is 4.93. The van der Waals surface area contributed by atoms with Crippen LogP contribution in [0, 0.1) is 0 Å². The van der Waals surface area contributed by atoms with Crippen molar-refractivity contribution in [2.24, 2.45) is 4.99 Å². The number of aliphatic imine (C=N–C) groups is 1. The van der Waals surface area contributed by atoms with Crippen LogP contribution in [0.1, 0.15) is 11.1 Å². The summed E-state index contributed by atoms with van der Waals surface area (Å²) in [6, 6.07) is 12.3. The van der Waals surface area contributed by atoms with E-state index in [1.54, 1.807) is 14.2 Å². The van der Waals surface area contributed by atoms with Gasteiger partial charge in [0.25, 0.3) is 0 Å². The predicted octanol–water partition coefficient (Wildman–Crippen LogP) is 2.00. The summed E-state index contributed by atoms with van der Waals surface area (Å²) in [4.78, 5) is 4.25. The molecule has 5 nitrogen and oxygen atoms in total. The van der Waals surface area contributed by atoms with Gasteiger partial charge in [0.05, 0.1) is 6.61 Å². The highest BCUT2D eigenvalue weighted by molar-refractivity contribution is 5.79. The summed E-state index contributed by atoms with van der Waals surface area (Å²) in [6.45, 7) is 3.09. The van der Waals surface area contributed by atoms with E-state index in [1.165, 1.54) is 11.1 Å². The predicted molar refractivity (Wildman–Crippen MR) is 89.8 cm³/mol. The van der Waals surface area contributed by atoms with E-state index in [2.05, 4.69) is 44.7 Å². The second-order valence-electron chi connectivity index (χ2n) is 4.98. The van der Waals surface area contributed by atoms with E-state index in [1.807, 2.05) is 24.3 Å². The van der Waals surface area contributed by atoms with E-state index in [0.29, 0.717) is 6.61 Å². The van der Waals surface area contributed by atoms with Gasteiger partial charge in [-0.15, -0.1) is 0 Å². The van der Waals surface area contributed by atoms with Gasteiger partial charge in [-0.2, -0.15) is 0 Å². The molecule has 2 aromatic rings. The Hall–Kier alpha value is -2.27. The first-order chi connectivity index (χ1) is 10.8. The van der Waals surface area contributed by atoms with Crippen LogP contribution in [0.3, 0.4) is 0 Å². The molecule has 5 heteroatoms. The fraction of sp³-hybridized carbons (Fsp3) is 0.353. The number of benzene rings is 1. The molecule has 22 heavy (non-hydrogen) atoms. The Bertz CT molecular complexity index is 578. The van der Waals surface area contributed by atoms with Crippen LogP contribution in [-0.2, 0) is 24.4 Å². The number of aromatic nitrogens is 1. The summed E-state index contributed by atoms with van der Waals surface area (Å²) in [5, 5.41) is 6.65. The molecule has 0 fully saturated rings. The van der Waals surface area contributed by atoms with Gasteiger partial charge in [0, 0.05) is 46.2 Å². The van der Waals surface area contributed by atoms with Gasteiger partial charge in [-0.05, 0) is 23.3 Å². The van der Waals surface area contributed by atoms with Crippen LogP contribution in [-0.4, -0.2) is 31.2 Å². The van der Waals surface area contributed by atoms with Crippen LogP contribution in [0.5, 0.6) is 0 Å². The maximum Gasteiger partial charge on any atom is 0.191 e. The van der Waals surface area contributed by atoms with Crippen LogP contribution in [0.4, 0.5) is 0 Å². The third-order valence-electron chi connectivity index (χ3n) is 3.42. The number of rotatable bonds is 7. The summed E-state index contributed by atoms with van der Waals surface area (Å²) in [5.74, 6) is 0.805. The van der Waals surface area contributed by atoms with Crippen LogP contribution in [0.15, 0.2) is 53.8 Å². The molecule has 118 valence electrons. The van der Waals surface area contributed by atoms with Crippen LogP contribution in [0.25, 0.3) is 0 Å². The zero-order valence-corrected chi connectivity index (χ0v) is 13.2. The van der Waals surface area contributed by atoms with Gasteiger partial charge in [0.1, 0.15) is 0 Å². The summed E-state index contributed by atoms with van der Waals surface area (Å²) >= 11 is 0. The molecule has 0 aliphatic carbocycles. The molecular weight excluding hydrogens is 276 g/mol. The van der Waals surface area contributed by atoms with E-state index in [9.17, 15) is 0 Å². The molecule has 0 radical (unpaired) electrons. The lowest BCUT2D eigenvalue weighted by atomic mass is 10.1. The zero-order valence-electron chi connectivity index (χ0n) is 13.2. The van der Waals surface area contributed by atoms with E-state index in [4.69, 9.17) is 4.74 Å². The van der Waals surface area contributed by atoms with Crippen LogP contribution in [0.2, 0.25) is 0 Å². The molecule has 0 bridgehead atoms. The van der Waals surface area contributed by atoms with Crippen molar-refractivity contribution >= 4 is 5.96 Å². The third-order valence-corrected chi connectivity index (χ3v) is 3.42. The van der Waals surface area contributed by atoms with Crippen molar-refractivity contribution in [3.63, 3.8) is 0 Å². The van der Waals surface area contributed by atoms with Gasteiger partial charge < -0.3 is 19.9 Å². The molecule has 0 amide bonds. The second kappa shape index (κ2) is 8.89. The van der Waals surface area contributed by atoms with Crippen LogP contribution < -0.4 is 10.6 Å². The van der Waals surface area contributed by atoms with Gasteiger partial charge in [-0.1, -0.05) is 24.3 Å². The Labute approximate surface area is 132 Å². The molecule has 1 aromatic carbocycles. The monoisotopic (exact) mass is 300 g/mol. The Morgan fingerprint density at radius 2 is 1.82 bits per heavy atom. The lowest BCUT2D eigenvalue weighted by molar-refractivity contribution is 0.184. The molecule has 0 saturated heterocycles. The molecule has 0 spiro atoms. The van der Waals surface area contributed by atoms with Gasteiger partial charge in [0.2, 0.25) is 0 Å². The molecule has 0 unspecified atom stereocenters. The molecule has 1 heterocycles. The summed E-state index contributed by atoms with van der Waals surface area (Å²) in [6.07, 6.45) is 4.11. The van der Waals surface area contributed by atoms with E-state index in [0.717, 1.165) is 25.6 Å². The van der Waals surface area contributed by atoms with Gasteiger partial charge >= 0.3 is 0 Å². The number of ether oxygens (including phenoxy) is 1. The molecule has 2 rings (SSSR count). The maximum absolute atomic E-state index is 5.23. The Kier molecular flexibility index (Phi) is 6.51. The van der Waals surface area contributed by atoms with E-state index >= 15 is 0 Å². The summed E-state index contributed by atoms with van der Waals surface area (Å²) < 4.78 is 7.36. The molecule has 0 aliphatic heterocycles. The minimum atomic E-state index is 0.623. The second-order valence-corrected chi connectivity index (χ2v) is 4.98. The highest BCUT2D eigenvalue weighted by atomic mass is 16.5. The minimum Gasteiger partial charge on any atom is -0.380 e. The Morgan fingerprint density at radius 3 is 2.50 bits per heavy atom. The number of methoxy groups -OCH3 is 1. The largest absolute Gasteiger partial charge is 0.380 e. The summed E-state index contributed by atoms with van der Waals surface area (Å²) in [7, 11) is 3.50. The Morgan fingerprint density at radius 1 is 1.09 bits per heavy atom. The normalized spacial score (nSPS) is 11.5. The number of nitrogens with one attached hydrogen (secondary N) is 2. The van der Waals surface area contributed by atoms with Crippen molar-refractivity contribution in [1.29, 1.82) is 0 Å². The van der Waals surface area contributed by atoms with Gasteiger partial charge in [0.15, 0.2) is 5.96 Å². The highest BCUT2D eigenvalue weighted by Gasteiger charge is 2.03. The maximum atomic E-state index is 5.23. The first-order valence-electron chi connectivity index (χ1n) is 7.44. The van der Waals surface area contributed by atoms with Crippen molar-refractivity contribution in [2.45, 2.75) is 19.7 Å². The van der Waals surface area contributed by atoms with E-state index < -0.39 is 0 Å². The summed E-state index contributed by atoms with van der Waals surface area (Å²) in [5.41, 5.74) is 2.41. The van der Waals surface area contributed by atoms with E-state index in [-0.39, 0.29) is 0 Å². The molecule has 0 aliphatic rings. The van der Waals surface area contributed by atoms with Crippen molar-refractivity contribution in [3.05, 3.63) is 59.9 Å². The molecular formula is C17H24N4O. The minimum absolute atomic E-state index is 0.623. The van der Waals surface area contributed by atoms with Gasteiger partial charge in [-0.3, -0.25) is 4.99 Å². The lowest BCUT2D eigenvalue weighted by Gasteiger charge is -2.14. The lowest BCUT2D eigenvalue weighted by Crippen LogP contribution is -2.38. The quantitative estimate of drug-likeness (QED) is 0.607. The zero-order chi connectivity index (χ0) is 15.6.